The largest absolute Gasteiger partial charge is 0.378 e. The summed E-state index contributed by atoms with van der Waals surface area (Å²) < 4.78 is 5.47. The number of morpholine rings is 1. The van der Waals surface area contributed by atoms with Crippen LogP contribution in [0.3, 0.4) is 0 Å². The SMILES string of the molecule is CCCC(=O)c1ccc(N2CCOCC2)cc1N(C)CCc1ccccc1. The highest BCUT2D eigenvalue weighted by Crippen LogP contribution is 2.28. The summed E-state index contributed by atoms with van der Waals surface area (Å²) in [5, 5.41) is 0. The van der Waals surface area contributed by atoms with Crippen LogP contribution in [0.15, 0.2) is 48.5 Å². The zero-order valence-electron chi connectivity index (χ0n) is 16.5. The average molecular weight is 367 g/mol. The number of rotatable bonds is 8. The molecule has 4 heteroatoms. The van der Waals surface area contributed by atoms with Gasteiger partial charge in [-0.15, -0.1) is 0 Å². The van der Waals surface area contributed by atoms with Crippen LogP contribution in [0.4, 0.5) is 11.4 Å². The monoisotopic (exact) mass is 366 g/mol. The molecule has 1 fully saturated rings. The molecule has 27 heavy (non-hydrogen) atoms. The summed E-state index contributed by atoms with van der Waals surface area (Å²) in [5.74, 6) is 0.229. The van der Waals surface area contributed by atoms with Crippen LogP contribution in [0.2, 0.25) is 0 Å². The number of nitrogens with zero attached hydrogens (tertiary/aromatic N) is 2. The molecule has 4 nitrogen and oxygen atoms in total. The van der Waals surface area contributed by atoms with Crippen molar-refractivity contribution >= 4 is 17.2 Å². The molecule has 1 aliphatic heterocycles. The van der Waals surface area contributed by atoms with Crippen LogP contribution in [0, 0.1) is 0 Å². The summed E-state index contributed by atoms with van der Waals surface area (Å²) >= 11 is 0. The summed E-state index contributed by atoms with van der Waals surface area (Å²) in [4.78, 5) is 17.2. The van der Waals surface area contributed by atoms with Gasteiger partial charge in [-0.05, 0) is 36.6 Å². The molecule has 0 spiro atoms. The Kier molecular flexibility index (Phi) is 6.88. The minimum atomic E-state index is 0.229. The van der Waals surface area contributed by atoms with Crippen molar-refractivity contribution in [3.05, 3.63) is 59.7 Å². The molecule has 2 aromatic rings. The fourth-order valence-corrected chi connectivity index (χ4v) is 3.51. The maximum absolute atomic E-state index is 12.7. The highest BCUT2D eigenvalue weighted by molar-refractivity contribution is 6.02. The molecular formula is C23H30N2O2. The summed E-state index contributed by atoms with van der Waals surface area (Å²) in [6.07, 6.45) is 2.42. The van der Waals surface area contributed by atoms with Crippen molar-refractivity contribution in [1.29, 1.82) is 0 Å². The first-order valence-corrected chi connectivity index (χ1v) is 9.94. The van der Waals surface area contributed by atoms with Gasteiger partial charge in [0.1, 0.15) is 0 Å². The van der Waals surface area contributed by atoms with Gasteiger partial charge in [-0.3, -0.25) is 4.79 Å². The molecule has 0 aliphatic carbocycles. The van der Waals surface area contributed by atoms with E-state index in [1.165, 1.54) is 11.3 Å². The van der Waals surface area contributed by atoms with Crippen LogP contribution in [0.5, 0.6) is 0 Å². The lowest BCUT2D eigenvalue weighted by molar-refractivity contribution is 0.0982. The summed E-state index contributed by atoms with van der Waals surface area (Å²) in [6.45, 7) is 6.25. The third-order valence-corrected chi connectivity index (χ3v) is 5.12. The molecule has 0 radical (unpaired) electrons. The number of hydrogen-bond acceptors (Lipinski definition) is 4. The Morgan fingerprint density at radius 1 is 1.11 bits per heavy atom. The van der Waals surface area contributed by atoms with Crippen molar-refractivity contribution in [2.75, 3.05) is 49.7 Å². The highest BCUT2D eigenvalue weighted by Gasteiger charge is 2.18. The first kappa shape index (κ1) is 19.4. The van der Waals surface area contributed by atoms with Crippen LogP contribution >= 0.6 is 0 Å². The lowest BCUT2D eigenvalue weighted by atomic mass is 10.0. The molecule has 1 heterocycles. The van der Waals surface area contributed by atoms with Crippen LogP contribution in [0.25, 0.3) is 0 Å². The van der Waals surface area contributed by atoms with Gasteiger partial charge in [-0.1, -0.05) is 37.3 Å². The van der Waals surface area contributed by atoms with Gasteiger partial charge >= 0.3 is 0 Å². The minimum Gasteiger partial charge on any atom is -0.378 e. The van der Waals surface area contributed by atoms with Crippen molar-refractivity contribution in [3.63, 3.8) is 0 Å². The topological polar surface area (TPSA) is 32.8 Å². The number of Topliss-reactive ketones (excluding diaryl/α,β-unsaturated/α-hetero) is 1. The van der Waals surface area contributed by atoms with Gasteiger partial charge in [0.15, 0.2) is 5.78 Å². The van der Waals surface area contributed by atoms with Crippen molar-refractivity contribution in [1.82, 2.24) is 0 Å². The van der Waals surface area contributed by atoms with Crippen molar-refractivity contribution < 1.29 is 9.53 Å². The second-order valence-corrected chi connectivity index (χ2v) is 7.13. The van der Waals surface area contributed by atoms with E-state index in [2.05, 4.69) is 60.2 Å². The van der Waals surface area contributed by atoms with E-state index in [4.69, 9.17) is 4.74 Å². The number of anilines is 2. The number of carbonyl (C=O) groups is 1. The fraction of sp³-hybridized carbons (Fsp3) is 0.435. The Balaban J connectivity index is 1.82. The van der Waals surface area contributed by atoms with E-state index < -0.39 is 0 Å². The van der Waals surface area contributed by atoms with Crippen LogP contribution < -0.4 is 9.80 Å². The number of ketones is 1. The van der Waals surface area contributed by atoms with Crippen molar-refractivity contribution in [2.45, 2.75) is 26.2 Å². The maximum Gasteiger partial charge on any atom is 0.164 e. The van der Waals surface area contributed by atoms with E-state index in [0.717, 1.165) is 56.9 Å². The fourth-order valence-electron chi connectivity index (χ4n) is 3.51. The third-order valence-electron chi connectivity index (χ3n) is 5.12. The predicted molar refractivity (Wildman–Crippen MR) is 112 cm³/mol. The van der Waals surface area contributed by atoms with Crippen molar-refractivity contribution in [3.8, 4) is 0 Å². The van der Waals surface area contributed by atoms with E-state index >= 15 is 0 Å². The normalized spacial score (nSPS) is 14.2. The zero-order chi connectivity index (χ0) is 19.1. The molecule has 3 rings (SSSR count). The Morgan fingerprint density at radius 2 is 1.85 bits per heavy atom. The molecule has 0 saturated carbocycles. The number of ether oxygens (including phenoxy) is 1. The van der Waals surface area contributed by atoms with Gasteiger partial charge in [0.05, 0.1) is 13.2 Å². The summed E-state index contributed by atoms with van der Waals surface area (Å²) in [7, 11) is 2.09. The highest BCUT2D eigenvalue weighted by atomic mass is 16.5. The van der Waals surface area contributed by atoms with Crippen molar-refractivity contribution in [2.24, 2.45) is 0 Å². The predicted octanol–water partition coefficient (Wildman–Crippen LogP) is 4.18. The molecule has 0 bridgehead atoms. The average Bonchev–Trinajstić information content (AvgIpc) is 2.73. The van der Waals surface area contributed by atoms with Gasteiger partial charge < -0.3 is 14.5 Å². The van der Waals surface area contributed by atoms with Crippen LogP contribution in [0.1, 0.15) is 35.7 Å². The standard InChI is InChI=1S/C23H30N2O2/c1-3-7-23(26)21-11-10-20(25-14-16-27-17-15-25)18-22(21)24(2)13-12-19-8-5-4-6-9-19/h4-6,8-11,18H,3,7,12-17H2,1-2H3. The van der Waals surface area contributed by atoms with Gasteiger partial charge in [0.2, 0.25) is 0 Å². The second-order valence-electron chi connectivity index (χ2n) is 7.13. The van der Waals surface area contributed by atoms with Gasteiger partial charge in [-0.25, -0.2) is 0 Å². The summed E-state index contributed by atoms with van der Waals surface area (Å²) in [6, 6.07) is 16.8. The van der Waals surface area contributed by atoms with Crippen LogP contribution in [-0.2, 0) is 11.2 Å². The smallest absolute Gasteiger partial charge is 0.164 e. The zero-order valence-corrected chi connectivity index (χ0v) is 16.5. The van der Waals surface area contributed by atoms with Gasteiger partial charge in [0.25, 0.3) is 0 Å². The number of likely N-dealkylation sites (N-methyl/N-ethyl adjacent to an activating group) is 1. The van der Waals surface area contributed by atoms with Gasteiger partial charge in [0, 0.05) is 50.0 Å². The van der Waals surface area contributed by atoms with E-state index in [9.17, 15) is 4.79 Å². The first-order valence-electron chi connectivity index (χ1n) is 9.94. The minimum absolute atomic E-state index is 0.229. The maximum atomic E-state index is 12.7. The Morgan fingerprint density at radius 3 is 2.56 bits per heavy atom. The molecule has 0 atom stereocenters. The molecule has 144 valence electrons. The van der Waals surface area contributed by atoms with Crippen LogP contribution in [-0.4, -0.2) is 45.7 Å². The molecule has 1 saturated heterocycles. The molecule has 0 unspecified atom stereocenters. The molecule has 0 amide bonds. The molecule has 1 aliphatic rings. The number of carbonyl (C=O) groups excluding carboxylic acids is 1. The van der Waals surface area contributed by atoms with Gasteiger partial charge in [-0.2, -0.15) is 0 Å². The van der Waals surface area contributed by atoms with E-state index in [1.807, 2.05) is 12.1 Å². The number of benzene rings is 2. The molecular weight excluding hydrogens is 336 g/mol. The Bertz CT molecular complexity index is 739. The second kappa shape index (κ2) is 9.56. The summed E-state index contributed by atoms with van der Waals surface area (Å²) in [5.41, 5.74) is 4.36. The lowest BCUT2D eigenvalue weighted by Crippen LogP contribution is -2.36. The molecule has 0 N–H and O–H groups in total. The lowest BCUT2D eigenvalue weighted by Gasteiger charge is -2.31. The third kappa shape index (κ3) is 5.10. The quantitative estimate of drug-likeness (QED) is 0.656. The van der Waals surface area contributed by atoms with E-state index in [0.29, 0.717) is 6.42 Å². The first-order chi connectivity index (χ1) is 13.2. The van der Waals surface area contributed by atoms with E-state index in [1.54, 1.807) is 0 Å². The van der Waals surface area contributed by atoms with E-state index in [-0.39, 0.29) is 5.78 Å². The molecule has 0 aromatic heterocycles. The molecule has 2 aromatic carbocycles. The number of hydrogen-bond donors (Lipinski definition) is 0. The Hall–Kier alpha value is -2.33. The Labute approximate surface area is 162 Å².